The Morgan fingerprint density at radius 2 is 1.79 bits per heavy atom. The Morgan fingerprint density at radius 1 is 1.00 bits per heavy atom. The highest BCUT2D eigenvalue weighted by atomic mass is 35.5. The number of piperazine rings is 1. The third-order valence-electron chi connectivity index (χ3n) is 8.25. The molecule has 224 valence electrons. The van der Waals surface area contributed by atoms with Crippen molar-refractivity contribution < 1.29 is 19.0 Å². The van der Waals surface area contributed by atoms with Gasteiger partial charge in [-0.25, -0.2) is 4.79 Å². The molecule has 1 N–H and O–H groups in total. The molecule has 6 rings (SSSR count). The van der Waals surface area contributed by atoms with Gasteiger partial charge in [-0.1, -0.05) is 29.8 Å². The molecule has 0 amide bonds. The zero-order chi connectivity index (χ0) is 30.0. The molecule has 2 aliphatic rings. The smallest absolute Gasteiger partial charge is 0.341 e. The molecule has 7 nitrogen and oxygen atoms in total. The number of aromatic amines is 1. The average molecular weight is 600 g/mol. The summed E-state index contributed by atoms with van der Waals surface area (Å²) in [7, 11) is 0. The maximum absolute atomic E-state index is 12.8. The van der Waals surface area contributed by atoms with Crippen LogP contribution in [0.3, 0.4) is 0 Å². The highest BCUT2D eigenvalue weighted by Gasteiger charge is 2.30. The van der Waals surface area contributed by atoms with E-state index in [0.717, 1.165) is 60.8 Å². The van der Waals surface area contributed by atoms with Gasteiger partial charge in [-0.2, -0.15) is 0 Å². The Morgan fingerprint density at radius 3 is 2.56 bits per heavy atom. The van der Waals surface area contributed by atoms with Crippen molar-refractivity contribution in [3.05, 3.63) is 94.6 Å². The molecule has 8 heteroatoms. The molecule has 3 aromatic carbocycles. The summed E-state index contributed by atoms with van der Waals surface area (Å²) in [4.78, 5) is 20.9. The number of H-pyrrole nitrogens is 1. The first-order chi connectivity index (χ1) is 20.8. The van der Waals surface area contributed by atoms with Gasteiger partial charge in [-0.05, 0) is 79.9 Å². The van der Waals surface area contributed by atoms with Crippen molar-refractivity contribution in [3.8, 4) is 11.5 Å². The summed E-state index contributed by atoms with van der Waals surface area (Å²) < 4.78 is 18.0. The normalized spacial score (nSPS) is 17.3. The van der Waals surface area contributed by atoms with Crippen LogP contribution in [0, 0.1) is 0 Å². The third-order valence-corrected chi connectivity index (χ3v) is 8.50. The standard InChI is InChI=1S/C35H38ClN3O4/c1-4-41-34(40)29-13-12-27(20-33(29)43-32-7-5-6-31-28(32)14-15-37-31)39-18-16-38(17-19-39)22-25-23-42-35(2,3)21-30(25)24-8-10-26(36)11-9-24/h5-15,20,37H,4,16-19,21-23H2,1-3H3. The fraction of sp³-hybridized carbons (Fsp3) is 0.343. The predicted molar refractivity (Wildman–Crippen MR) is 172 cm³/mol. The number of hydrogen-bond acceptors (Lipinski definition) is 6. The van der Waals surface area contributed by atoms with Gasteiger partial charge in [0.25, 0.3) is 0 Å². The van der Waals surface area contributed by atoms with Crippen LogP contribution in [0.25, 0.3) is 16.5 Å². The van der Waals surface area contributed by atoms with Crippen LogP contribution in [0.4, 0.5) is 5.69 Å². The highest BCUT2D eigenvalue weighted by Crippen LogP contribution is 2.37. The first kappa shape index (κ1) is 29.3. The van der Waals surface area contributed by atoms with Gasteiger partial charge in [0.05, 0.1) is 18.8 Å². The van der Waals surface area contributed by atoms with Crippen LogP contribution in [0.1, 0.15) is 43.1 Å². The molecule has 0 atom stereocenters. The Labute approximate surface area is 258 Å². The van der Waals surface area contributed by atoms with Gasteiger partial charge in [-0.3, -0.25) is 4.90 Å². The molecule has 0 spiro atoms. The lowest BCUT2D eigenvalue weighted by atomic mass is 9.87. The summed E-state index contributed by atoms with van der Waals surface area (Å²) in [5, 5.41) is 1.71. The molecular weight excluding hydrogens is 562 g/mol. The van der Waals surface area contributed by atoms with E-state index in [1.165, 1.54) is 16.7 Å². The van der Waals surface area contributed by atoms with E-state index in [4.69, 9.17) is 25.8 Å². The average Bonchev–Trinajstić information content (AvgIpc) is 3.49. The number of esters is 1. The lowest BCUT2D eigenvalue weighted by Gasteiger charge is -2.39. The number of nitrogens with zero attached hydrogens (tertiary/aromatic N) is 2. The Bertz CT molecular complexity index is 1630. The number of benzene rings is 3. The number of halogens is 1. The van der Waals surface area contributed by atoms with E-state index >= 15 is 0 Å². The molecule has 2 aliphatic heterocycles. The Hall–Kier alpha value is -3.78. The summed E-state index contributed by atoms with van der Waals surface area (Å²) in [6.45, 7) is 11.5. The SMILES string of the molecule is CCOC(=O)c1ccc(N2CCN(CC3=C(c4ccc(Cl)cc4)CC(C)(C)OC3)CC2)cc1Oc1cccc2[nH]ccc12. The van der Waals surface area contributed by atoms with Crippen molar-refractivity contribution in [1.82, 2.24) is 9.88 Å². The molecule has 1 aromatic heterocycles. The van der Waals surface area contributed by atoms with Crippen molar-refractivity contribution in [2.45, 2.75) is 32.8 Å². The molecule has 0 unspecified atom stereocenters. The minimum absolute atomic E-state index is 0.195. The zero-order valence-electron chi connectivity index (χ0n) is 25.0. The lowest BCUT2D eigenvalue weighted by Crippen LogP contribution is -2.47. The summed E-state index contributed by atoms with van der Waals surface area (Å²) in [6, 6.07) is 21.8. The van der Waals surface area contributed by atoms with Crippen molar-refractivity contribution in [2.24, 2.45) is 0 Å². The van der Waals surface area contributed by atoms with Crippen LogP contribution in [-0.2, 0) is 9.47 Å². The second-order valence-corrected chi connectivity index (χ2v) is 12.2. The monoisotopic (exact) mass is 599 g/mol. The van der Waals surface area contributed by atoms with E-state index in [9.17, 15) is 4.79 Å². The third kappa shape index (κ3) is 6.59. The second kappa shape index (κ2) is 12.4. The van der Waals surface area contributed by atoms with Crippen LogP contribution >= 0.6 is 11.6 Å². The van der Waals surface area contributed by atoms with Crippen LogP contribution < -0.4 is 9.64 Å². The maximum atomic E-state index is 12.8. The molecule has 0 radical (unpaired) electrons. The summed E-state index contributed by atoms with van der Waals surface area (Å²) in [6.07, 6.45) is 2.75. The molecule has 4 aromatic rings. The quantitative estimate of drug-likeness (QED) is 0.211. The van der Waals surface area contributed by atoms with E-state index in [-0.39, 0.29) is 5.60 Å². The van der Waals surface area contributed by atoms with E-state index in [1.807, 2.05) is 67.7 Å². The van der Waals surface area contributed by atoms with Crippen molar-refractivity contribution in [1.29, 1.82) is 0 Å². The number of carbonyl (C=O) groups excluding carboxylic acids is 1. The number of anilines is 1. The first-order valence-electron chi connectivity index (χ1n) is 14.9. The fourth-order valence-electron chi connectivity index (χ4n) is 5.94. The van der Waals surface area contributed by atoms with E-state index in [1.54, 1.807) is 0 Å². The van der Waals surface area contributed by atoms with Crippen LogP contribution in [-0.4, -0.2) is 67.4 Å². The zero-order valence-corrected chi connectivity index (χ0v) is 25.7. The topological polar surface area (TPSA) is 67.0 Å². The summed E-state index contributed by atoms with van der Waals surface area (Å²) >= 11 is 6.18. The number of fused-ring (bicyclic) bond motifs is 1. The minimum Gasteiger partial charge on any atom is -0.462 e. The van der Waals surface area contributed by atoms with Gasteiger partial charge in [0, 0.05) is 73.0 Å². The molecule has 1 saturated heterocycles. The van der Waals surface area contributed by atoms with Crippen molar-refractivity contribution in [2.75, 3.05) is 50.8 Å². The molecule has 0 saturated carbocycles. The predicted octanol–water partition coefficient (Wildman–Crippen LogP) is 7.57. The van der Waals surface area contributed by atoms with Crippen molar-refractivity contribution >= 4 is 39.7 Å². The lowest BCUT2D eigenvalue weighted by molar-refractivity contribution is -0.0101. The number of ether oxygens (including phenoxy) is 3. The number of aromatic nitrogens is 1. The van der Waals surface area contributed by atoms with E-state index < -0.39 is 5.97 Å². The molecule has 43 heavy (non-hydrogen) atoms. The van der Waals surface area contributed by atoms with Gasteiger partial charge in [0.15, 0.2) is 0 Å². The number of nitrogens with one attached hydrogen (secondary N) is 1. The van der Waals surface area contributed by atoms with Gasteiger partial charge >= 0.3 is 5.97 Å². The largest absolute Gasteiger partial charge is 0.462 e. The van der Waals surface area contributed by atoms with Gasteiger partial charge < -0.3 is 24.1 Å². The highest BCUT2D eigenvalue weighted by molar-refractivity contribution is 6.30. The van der Waals surface area contributed by atoms with Crippen LogP contribution in [0.2, 0.25) is 5.02 Å². The Kier molecular flexibility index (Phi) is 8.48. The fourth-order valence-corrected chi connectivity index (χ4v) is 6.06. The van der Waals surface area contributed by atoms with Crippen LogP contribution in [0.15, 0.2) is 78.5 Å². The number of hydrogen-bond donors (Lipinski definition) is 1. The van der Waals surface area contributed by atoms with Crippen molar-refractivity contribution in [3.63, 3.8) is 0 Å². The molecular formula is C35H38ClN3O4. The van der Waals surface area contributed by atoms with Gasteiger partial charge in [0.1, 0.15) is 17.1 Å². The summed E-state index contributed by atoms with van der Waals surface area (Å²) in [5.74, 6) is 0.790. The number of carbonyl (C=O) groups is 1. The van der Waals surface area contributed by atoms with E-state index in [2.05, 4.69) is 40.8 Å². The van der Waals surface area contributed by atoms with E-state index in [0.29, 0.717) is 30.3 Å². The van der Waals surface area contributed by atoms with Gasteiger partial charge in [0.2, 0.25) is 0 Å². The second-order valence-electron chi connectivity index (χ2n) is 11.8. The molecule has 3 heterocycles. The Balaban J connectivity index is 1.19. The molecule has 0 aliphatic carbocycles. The molecule has 1 fully saturated rings. The minimum atomic E-state index is -0.391. The maximum Gasteiger partial charge on any atom is 0.341 e. The van der Waals surface area contributed by atoms with Crippen LogP contribution in [0.5, 0.6) is 11.5 Å². The molecule has 0 bridgehead atoms. The first-order valence-corrected chi connectivity index (χ1v) is 15.3. The number of rotatable bonds is 8. The summed E-state index contributed by atoms with van der Waals surface area (Å²) in [5.41, 5.74) is 6.14. The van der Waals surface area contributed by atoms with Gasteiger partial charge in [-0.15, -0.1) is 0 Å².